The van der Waals surface area contributed by atoms with Crippen molar-refractivity contribution in [3.63, 3.8) is 0 Å². The van der Waals surface area contributed by atoms with Gasteiger partial charge in [-0.1, -0.05) is 12.8 Å². The minimum absolute atomic E-state index is 0.0110. The van der Waals surface area contributed by atoms with Crippen LogP contribution in [-0.4, -0.2) is 50.2 Å². The van der Waals surface area contributed by atoms with Crippen molar-refractivity contribution >= 4 is 46.1 Å². The lowest BCUT2D eigenvalue weighted by Crippen LogP contribution is -2.52. The van der Waals surface area contributed by atoms with Crippen molar-refractivity contribution < 1.29 is 14.4 Å². The van der Waals surface area contributed by atoms with Crippen LogP contribution >= 0.6 is 0 Å². The third-order valence-corrected chi connectivity index (χ3v) is 6.61. The van der Waals surface area contributed by atoms with E-state index in [4.69, 9.17) is 0 Å². The summed E-state index contributed by atoms with van der Waals surface area (Å²) in [5, 5.41) is 6.22. The van der Waals surface area contributed by atoms with Crippen LogP contribution in [0.25, 0.3) is 11.0 Å². The van der Waals surface area contributed by atoms with Crippen LogP contribution in [0, 0.1) is 6.92 Å². The molecule has 0 aromatic carbocycles. The molecule has 2 aliphatic rings. The molecule has 2 fully saturated rings. The third-order valence-electron chi connectivity index (χ3n) is 6.61. The van der Waals surface area contributed by atoms with Gasteiger partial charge in [-0.2, -0.15) is 4.98 Å². The number of carbonyl (C=O) groups excluding carboxylic acids is 3. The van der Waals surface area contributed by atoms with Gasteiger partial charge in [0.25, 0.3) is 5.56 Å². The standard InChI is InChI=1S/C24H25N7O4/c1-13-17-12-27-24(28-18-8-7-16(11-26-18)30-10-9-25-21(33)23(30)35)29-20(17)31(15-5-3-4-6-15)22(34)19(13)14(2)32/h7-8,11-12,15H,3-6,9-10H2,1-2H3,(H,25,33)(H,26,27,28,29). The van der Waals surface area contributed by atoms with Gasteiger partial charge in [0.15, 0.2) is 5.78 Å². The highest BCUT2D eigenvalue weighted by Crippen LogP contribution is 2.32. The van der Waals surface area contributed by atoms with Crippen LogP contribution in [-0.2, 0) is 9.59 Å². The number of anilines is 3. The molecule has 1 aliphatic heterocycles. The first-order valence-corrected chi connectivity index (χ1v) is 11.6. The van der Waals surface area contributed by atoms with Gasteiger partial charge in [0.2, 0.25) is 5.95 Å². The van der Waals surface area contributed by atoms with E-state index >= 15 is 0 Å². The average Bonchev–Trinajstić information content (AvgIpc) is 3.36. The Morgan fingerprint density at radius 1 is 1.11 bits per heavy atom. The highest BCUT2D eigenvalue weighted by Gasteiger charge is 2.28. The lowest BCUT2D eigenvalue weighted by atomic mass is 10.0. The Hall–Kier alpha value is -4.15. The van der Waals surface area contributed by atoms with Crippen LogP contribution in [0.4, 0.5) is 17.5 Å². The van der Waals surface area contributed by atoms with Gasteiger partial charge in [0.05, 0.1) is 17.4 Å². The number of nitrogens with one attached hydrogen (secondary N) is 2. The number of rotatable bonds is 5. The van der Waals surface area contributed by atoms with E-state index in [0.717, 1.165) is 25.7 Å². The minimum Gasteiger partial charge on any atom is -0.346 e. The van der Waals surface area contributed by atoms with Crippen molar-refractivity contribution in [2.24, 2.45) is 0 Å². The number of ketones is 1. The molecule has 2 amide bonds. The zero-order valence-electron chi connectivity index (χ0n) is 19.5. The fraction of sp³-hybridized carbons (Fsp3) is 0.375. The first-order valence-electron chi connectivity index (χ1n) is 11.6. The second-order valence-corrected chi connectivity index (χ2v) is 8.84. The molecule has 11 nitrogen and oxygen atoms in total. The zero-order chi connectivity index (χ0) is 24.7. The summed E-state index contributed by atoms with van der Waals surface area (Å²) in [6, 6.07) is 3.34. The van der Waals surface area contributed by atoms with Gasteiger partial charge >= 0.3 is 11.8 Å². The fourth-order valence-electron chi connectivity index (χ4n) is 4.87. The summed E-state index contributed by atoms with van der Waals surface area (Å²) in [6.07, 6.45) is 6.89. The smallest absolute Gasteiger partial charge is 0.316 e. The maximum absolute atomic E-state index is 13.3. The normalized spacial score (nSPS) is 16.6. The number of aryl methyl sites for hydroxylation is 1. The average molecular weight is 476 g/mol. The van der Waals surface area contributed by atoms with Crippen molar-refractivity contribution in [2.45, 2.75) is 45.6 Å². The monoisotopic (exact) mass is 475 g/mol. The molecule has 3 aromatic heterocycles. The summed E-state index contributed by atoms with van der Waals surface area (Å²) in [4.78, 5) is 64.0. The van der Waals surface area contributed by atoms with E-state index in [9.17, 15) is 19.2 Å². The maximum Gasteiger partial charge on any atom is 0.316 e. The lowest BCUT2D eigenvalue weighted by Gasteiger charge is -2.26. The predicted octanol–water partition coefficient (Wildman–Crippen LogP) is 2.02. The molecule has 3 aromatic rings. The zero-order valence-corrected chi connectivity index (χ0v) is 19.5. The topological polar surface area (TPSA) is 139 Å². The van der Waals surface area contributed by atoms with Crippen molar-refractivity contribution in [3.05, 3.63) is 46.0 Å². The minimum atomic E-state index is -0.639. The molecule has 0 atom stereocenters. The summed E-state index contributed by atoms with van der Waals surface area (Å²) in [5.74, 6) is -0.834. The van der Waals surface area contributed by atoms with Crippen molar-refractivity contribution in [3.8, 4) is 0 Å². The van der Waals surface area contributed by atoms with Crippen LogP contribution in [0.15, 0.2) is 29.3 Å². The molecule has 0 unspecified atom stereocenters. The number of Topliss-reactive ketones (excluding diaryl/α,β-unsaturated/α-hetero) is 1. The van der Waals surface area contributed by atoms with E-state index in [1.807, 2.05) is 0 Å². The molecule has 2 N–H and O–H groups in total. The number of nitrogens with zero attached hydrogens (tertiary/aromatic N) is 5. The molecule has 11 heteroatoms. The van der Waals surface area contributed by atoms with E-state index in [-0.39, 0.29) is 28.9 Å². The third kappa shape index (κ3) is 4.02. The Labute approximate surface area is 200 Å². The summed E-state index contributed by atoms with van der Waals surface area (Å²) in [6.45, 7) is 3.90. The van der Waals surface area contributed by atoms with Crippen LogP contribution in [0.1, 0.15) is 54.6 Å². The fourth-order valence-corrected chi connectivity index (χ4v) is 4.87. The Morgan fingerprint density at radius 3 is 2.57 bits per heavy atom. The Balaban J connectivity index is 1.50. The van der Waals surface area contributed by atoms with Gasteiger partial charge in [0.1, 0.15) is 11.5 Å². The number of hydrogen-bond acceptors (Lipinski definition) is 8. The first-order chi connectivity index (χ1) is 16.8. The molecule has 0 bridgehead atoms. The molecule has 180 valence electrons. The first kappa shape index (κ1) is 22.6. The van der Waals surface area contributed by atoms with Gasteiger partial charge in [-0.15, -0.1) is 0 Å². The highest BCUT2D eigenvalue weighted by molar-refractivity contribution is 6.41. The molecule has 0 spiro atoms. The number of piperazine rings is 1. The van der Waals surface area contributed by atoms with E-state index < -0.39 is 11.8 Å². The summed E-state index contributed by atoms with van der Waals surface area (Å²) >= 11 is 0. The summed E-state index contributed by atoms with van der Waals surface area (Å²) < 4.78 is 1.66. The van der Waals surface area contributed by atoms with Crippen LogP contribution < -0.4 is 21.1 Å². The number of carbonyl (C=O) groups is 3. The predicted molar refractivity (Wildman–Crippen MR) is 129 cm³/mol. The maximum atomic E-state index is 13.3. The Kier molecular flexibility index (Phi) is 5.75. The largest absolute Gasteiger partial charge is 0.346 e. The number of fused-ring (bicyclic) bond motifs is 1. The summed E-state index contributed by atoms with van der Waals surface area (Å²) in [7, 11) is 0. The molecular weight excluding hydrogens is 450 g/mol. The second kappa shape index (κ2) is 8.90. The second-order valence-electron chi connectivity index (χ2n) is 8.84. The van der Waals surface area contributed by atoms with E-state index in [2.05, 4.69) is 25.6 Å². The van der Waals surface area contributed by atoms with Crippen LogP contribution in [0.2, 0.25) is 0 Å². The van der Waals surface area contributed by atoms with Crippen LogP contribution in [0.5, 0.6) is 0 Å². The molecule has 35 heavy (non-hydrogen) atoms. The van der Waals surface area contributed by atoms with Crippen molar-refractivity contribution in [2.75, 3.05) is 23.3 Å². The summed E-state index contributed by atoms with van der Waals surface area (Å²) in [5.41, 5.74) is 1.46. The number of amides is 2. The van der Waals surface area contributed by atoms with Crippen molar-refractivity contribution in [1.29, 1.82) is 0 Å². The highest BCUT2D eigenvalue weighted by atomic mass is 16.2. The molecule has 1 saturated carbocycles. The van der Waals surface area contributed by atoms with Crippen LogP contribution in [0.3, 0.4) is 0 Å². The van der Waals surface area contributed by atoms with Gasteiger partial charge in [0, 0.05) is 30.7 Å². The SMILES string of the molecule is CC(=O)c1c(C)c2cnc(Nc3ccc(N4CCNC(=O)C4=O)cn3)nc2n(C2CCCC2)c1=O. The van der Waals surface area contributed by atoms with Gasteiger partial charge < -0.3 is 15.5 Å². The van der Waals surface area contributed by atoms with Gasteiger partial charge in [-0.05, 0) is 44.4 Å². The van der Waals surface area contributed by atoms with E-state index in [0.29, 0.717) is 41.2 Å². The van der Waals surface area contributed by atoms with Gasteiger partial charge in [-0.3, -0.25) is 23.7 Å². The lowest BCUT2D eigenvalue weighted by molar-refractivity contribution is -0.138. The molecule has 4 heterocycles. The van der Waals surface area contributed by atoms with E-state index in [1.165, 1.54) is 18.0 Å². The number of pyridine rings is 2. The van der Waals surface area contributed by atoms with Crippen molar-refractivity contribution in [1.82, 2.24) is 24.8 Å². The number of aromatic nitrogens is 4. The molecule has 0 radical (unpaired) electrons. The Bertz CT molecular complexity index is 1410. The van der Waals surface area contributed by atoms with Gasteiger partial charge in [-0.25, -0.2) is 9.97 Å². The molecule has 1 aliphatic carbocycles. The Morgan fingerprint density at radius 2 is 1.89 bits per heavy atom. The number of hydrogen-bond donors (Lipinski definition) is 2. The molecule has 1 saturated heterocycles. The quantitative estimate of drug-likeness (QED) is 0.422. The molecule has 5 rings (SSSR count). The van der Waals surface area contributed by atoms with E-state index in [1.54, 1.807) is 29.8 Å². The molecular formula is C24H25N7O4.